The van der Waals surface area contributed by atoms with Gasteiger partial charge in [-0.25, -0.2) is 4.39 Å². The van der Waals surface area contributed by atoms with E-state index in [-0.39, 0.29) is 57.4 Å². The van der Waals surface area contributed by atoms with Gasteiger partial charge in [0.05, 0.1) is 31.3 Å². The largest absolute Gasteiger partial charge is 0.497 e. The Kier molecular flexibility index (Phi) is 11.2. The third-order valence-electron chi connectivity index (χ3n) is 11.8. The number of anilines is 1. The Hall–Kier alpha value is -3.42. The van der Waals surface area contributed by atoms with Crippen LogP contribution in [0.15, 0.2) is 42.5 Å². The summed E-state index contributed by atoms with van der Waals surface area (Å²) in [7, 11) is 4.81. The number of piperidine rings is 1. The molecule has 0 spiro atoms. The number of carbonyl (C=O) groups is 2. The SMILES string of the molecule is COCC1CN(C(=O)[C@]2(F)CN(C3CCC(OC)CC3)C[C@H]2c2ccc(OC)cc2)CC1c1ccc(C(F)(F)F)cc1N1CCC(C(=O)O)CC1. The Labute approximate surface area is 296 Å². The summed E-state index contributed by atoms with van der Waals surface area (Å²) in [6.07, 6.45) is -0.353. The number of hydrogen-bond acceptors (Lipinski definition) is 7. The number of amides is 1. The zero-order valence-corrected chi connectivity index (χ0v) is 29.5. The van der Waals surface area contributed by atoms with Crippen LogP contribution in [0.2, 0.25) is 0 Å². The van der Waals surface area contributed by atoms with E-state index in [4.69, 9.17) is 14.2 Å². The Morgan fingerprint density at radius 1 is 0.922 bits per heavy atom. The predicted molar refractivity (Wildman–Crippen MR) is 183 cm³/mol. The third kappa shape index (κ3) is 7.71. The number of benzene rings is 2. The fraction of sp³-hybridized carbons (Fsp3) is 0.632. The van der Waals surface area contributed by atoms with Crippen LogP contribution in [0.4, 0.5) is 23.2 Å². The predicted octanol–water partition coefficient (Wildman–Crippen LogP) is 5.97. The molecule has 9 nitrogen and oxygen atoms in total. The molecule has 3 saturated heterocycles. The number of rotatable bonds is 10. The zero-order valence-electron chi connectivity index (χ0n) is 29.5. The van der Waals surface area contributed by atoms with Crippen molar-refractivity contribution < 1.29 is 46.5 Å². The number of methoxy groups -OCH3 is 3. The van der Waals surface area contributed by atoms with Gasteiger partial charge in [-0.2, -0.15) is 13.2 Å². The van der Waals surface area contributed by atoms with Gasteiger partial charge in [-0.1, -0.05) is 18.2 Å². The van der Waals surface area contributed by atoms with Gasteiger partial charge < -0.3 is 29.1 Å². The number of halogens is 4. The molecule has 2 unspecified atom stereocenters. The van der Waals surface area contributed by atoms with Crippen molar-refractivity contribution in [2.24, 2.45) is 11.8 Å². The van der Waals surface area contributed by atoms with E-state index in [0.717, 1.165) is 37.8 Å². The maximum Gasteiger partial charge on any atom is 0.416 e. The topological polar surface area (TPSA) is 91.8 Å². The molecule has 1 aliphatic carbocycles. The first-order valence-electron chi connectivity index (χ1n) is 17.9. The van der Waals surface area contributed by atoms with Crippen molar-refractivity contribution in [2.45, 2.75) is 74.4 Å². The highest BCUT2D eigenvalue weighted by atomic mass is 19.4. The summed E-state index contributed by atoms with van der Waals surface area (Å²) >= 11 is 0. The molecule has 4 aliphatic rings. The lowest BCUT2D eigenvalue weighted by atomic mass is 9.85. The molecular formula is C38H49F4N3O6. The normalized spacial score (nSPS) is 29.4. The van der Waals surface area contributed by atoms with Crippen LogP contribution in [0.3, 0.4) is 0 Å². The van der Waals surface area contributed by atoms with Crippen LogP contribution in [0.5, 0.6) is 5.75 Å². The molecule has 1 N–H and O–H groups in total. The fourth-order valence-electron chi connectivity index (χ4n) is 8.91. The molecule has 0 aromatic heterocycles. The van der Waals surface area contributed by atoms with Gasteiger partial charge in [-0.05, 0) is 73.9 Å². The summed E-state index contributed by atoms with van der Waals surface area (Å²) in [6.45, 7) is 1.45. The van der Waals surface area contributed by atoms with Gasteiger partial charge in [-0.3, -0.25) is 14.5 Å². The molecule has 0 bridgehead atoms. The van der Waals surface area contributed by atoms with E-state index < -0.39 is 47.0 Å². The van der Waals surface area contributed by atoms with Crippen molar-refractivity contribution in [3.63, 3.8) is 0 Å². The minimum atomic E-state index is -4.58. The molecule has 13 heteroatoms. The van der Waals surface area contributed by atoms with Crippen LogP contribution in [0.25, 0.3) is 0 Å². The third-order valence-corrected chi connectivity index (χ3v) is 11.8. The summed E-state index contributed by atoms with van der Waals surface area (Å²) in [5.41, 5.74) is -1.33. The van der Waals surface area contributed by atoms with Crippen LogP contribution >= 0.6 is 0 Å². The minimum absolute atomic E-state index is 0.0506. The highest BCUT2D eigenvalue weighted by Crippen LogP contribution is 2.47. The number of carbonyl (C=O) groups excluding carboxylic acids is 1. The lowest BCUT2D eigenvalue weighted by Gasteiger charge is -2.35. The van der Waals surface area contributed by atoms with Crippen molar-refractivity contribution in [1.29, 1.82) is 0 Å². The van der Waals surface area contributed by atoms with Gasteiger partial charge in [0.2, 0.25) is 5.67 Å². The molecule has 280 valence electrons. The van der Waals surface area contributed by atoms with Crippen molar-refractivity contribution in [1.82, 2.24) is 9.80 Å². The van der Waals surface area contributed by atoms with Crippen LogP contribution in [-0.4, -0.2) is 112 Å². The van der Waals surface area contributed by atoms with Crippen molar-refractivity contribution in [3.8, 4) is 5.75 Å². The van der Waals surface area contributed by atoms with Crippen LogP contribution in [0.1, 0.15) is 67.1 Å². The van der Waals surface area contributed by atoms with Gasteiger partial charge in [0.1, 0.15) is 5.75 Å². The van der Waals surface area contributed by atoms with Gasteiger partial charge in [-0.15, -0.1) is 0 Å². The van der Waals surface area contributed by atoms with Crippen LogP contribution < -0.4 is 9.64 Å². The first-order valence-corrected chi connectivity index (χ1v) is 17.9. The van der Waals surface area contributed by atoms with E-state index in [1.165, 1.54) is 13.2 Å². The second-order valence-electron chi connectivity index (χ2n) is 14.7. The smallest absolute Gasteiger partial charge is 0.416 e. The first kappa shape index (κ1) is 37.3. The van der Waals surface area contributed by atoms with Crippen LogP contribution in [0, 0.1) is 11.8 Å². The van der Waals surface area contributed by atoms with E-state index in [1.807, 2.05) is 17.0 Å². The second-order valence-corrected chi connectivity index (χ2v) is 14.7. The Morgan fingerprint density at radius 3 is 2.20 bits per heavy atom. The van der Waals surface area contributed by atoms with Gasteiger partial charge in [0.25, 0.3) is 5.91 Å². The maximum atomic E-state index is 17.8. The second kappa shape index (κ2) is 15.3. The monoisotopic (exact) mass is 719 g/mol. The van der Waals surface area contributed by atoms with Crippen molar-refractivity contribution in [2.75, 3.05) is 72.1 Å². The highest BCUT2D eigenvalue weighted by Gasteiger charge is 2.57. The average molecular weight is 720 g/mol. The molecule has 4 fully saturated rings. The standard InChI is InChI=1S/C38H49F4N3O6/c1-49-22-26-19-44(20-32(26)31-13-6-27(38(40,41)42)18-34(31)43-16-14-25(15-17-43)35(46)47)36(48)37(39)23-45(28-7-11-30(51-3)12-8-28)21-33(37)24-4-9-29(50-2)10-5-24/h4-6,9-10,13,18,25-26,28,30,32-33H,7-8,11-12,14-17,19-23H2,1-3H3,(H,46,47)/t26?,28?,30?,32?,33-,37-/m0/s1. The molecule has 3 heterocycles. The van der Waals surface area contributed by atoms with Crippen LogP contribution in [-0.2, 0) is 25.2 Å². The number of ether oxygens (including phenoxy) is 3. The number of likely N-dealkylation sites (tertiary alicyclic amines) is 2. The van der Waals surface area contributed by atoms with E-state index in [0.29, 0.717) is 42.0 Å². The molecule has 0 radical (unpaired) electrons. The zero-order chi connectivity index (χ0) is 36.5. The lowest BCUT2D eigenvalue weighted by molar-refractivity contribution is -0.143. The number of carboxylic acid groups (broad SMARTS) is 1. The summed E-state index contributed by atoms with van der Waals surface area (Å²) in [5, 5.41) is 9.52. The first-order chi connectivity index (χ1) is 24.4. The molecular weight excluding hydrogens is 670 g/mol. The highest BCUT2D eigenvalue weighted by molar-refractivity contribution is 5.88. The number of hydrogen-bond donors (Lipinski definition) is 1. The summed E-state index contributed by atoms with van der Waals surface area (Å²) < 4.78 is 76.3. The number of aliphatic carboxylic acids is 1. The van der Waals surface area contributed by atoms with Gasteiger partial charge in [0.15, 0.2) is 0 Å². The fourth-order valence-corrected chi connectivity index (χ4v) is 8.91. The minimum Gasteiger partial charge on any atom is -0.497 e. The molecule has 2 aromatic rings. The molecule has 3 aliphatic heterocycles. The maximum absolute atomic E-state index is 17.8. The molecule has 51 heavy (non-hydrogen) atoms. The average Bonchev–Trinajstić information content (AvgIpc) is 3.72. The summed E-state index contributed by atoms with van der Waals surface area (Å²) in [6, 6.07) is 11.0. The molecule has 1 saturated carbocycles. The van der Waals surface area contributed by atoms with Gasteiger partial charge >= 0.3 is 12.1 Å². The van der Waals surface area contributed by atoms with Crippen molar-refractivity contribution >= 4 is 17.6 Å². The van der Waals surface area contributed by atoms with Crippen molar-refractivity contribution in [3.05, 3.63) is 59.2 Å². The lowest BCUT2D eigenvalue weighted by Crippen LogP contribution is -2.50. The van der Waals surface area contributed by atoms with Gasteiger partial charge in [0, 0.05) is 83.0 Å². The van der Waals surface area contributed by atoms with E-state index in [2.05, 4.69) is 4.90 Å². The quantitative estimate of drug-likeness (QED) is 0.301. The van der Waals surface area contributed by atoms with E-state index in [1.54, 1.807) is 31.3 Å². The van der Waals surface area contributed by atoms with E-state index >= 15 is 4.39 Å². The summed E-state index contributed by atoms with van der Waals surface area (Å²) in [4.78, 5) is 31.7. The number of nitrogens with zero attached hydrogens (tertiary/aromatic N) is 3. The Balaban J connectivity index is 1.30. The molecule has 4 atom stereocenters. The Bertz CT molecular complexity index is 1530. The number of alkyl halides is 4. The molecule has 6 rings (SSSR count). The molecule has 2 aromatic carbocycles. The van der Waals surface area contributed by atoms with E-state index in [9.17, 15) is 27.9 Å². The Morgan fingerprint density at radius 2 is 1.61 bits per heavy atom. The summed E-state index contributed by atoms with van der Waals surface area (Å²) in [5.74, 6) is -2.90. The molecule has 1 amide bonds. The number of carboxylic acids is 1.